The predicted molar refractivity (Wildman–Crippen MR) is 89.5 cm³/mol. The Morgan fingerprint density at radius 3 is 2.25 bits per heavy atom. The minimum absolute atomic E-state index is 0.256. The monoisotopic (exact) mass is 335 g/mol. The zero-order valence-electron chi connectivity index (χ0n) is 13.5. The van der Waals surface area contributed by atoms with Crippen LogP contribution < -0.4 is 10.6 Å². The van der Waals surface area contributed by atoms with Crippen molar-refractivity contribution in [1.29, 1.82) is 0 Å². The lowest BCUT2D eigenvalue weighted by molar-refractivity contribution is 0.498. The van der Waals surface area contributed by atoms with Crippen molar-refractivity contribution in [1.82, 2.24) is 10.6 Å². The summed E-state index contributed by atoms with van der Waals surface area (Å²) in [4.78, 5) is 4.07. The van der Waals surface area contributed by atoms with Crippen LogP contribution in [0.15, 0.2) is 47.5 Å². The van der Waals surface area contributed by atoms with E-state index in [1.54, 1.807) is 25.2 Å². The summed E-state index contributed by atoms with van der Waals surface area (Å²) in [6, 6.07) is 10.5. The van der Waals surface area contributed by atoms with Crippen LogP contribution in [0.5, 0.6) is 0 Å². The number of hydrogen-bond acceptors (Lipinski definition) is 1. The summed E-state index contributed by atoms with van der Waals surface area (Å²) in [6.07, 6.45) is 1.07. The van der Waals surface area contributed by atoms with Gasteiger partial charge in [-0.2, -0.15) is 0 Å². The van der Waals surface area contributed by atoms with Gasteiger partial charge in [0.05, 0.1) is 0 Å². The number of nitrogens with zero attached hydrogens (tertiary/aromatic N) is 1. The van der Waals surface area contributed by atoms with Crippen molar-refractivity contribution >= 4 is 5.96 Å². The molecule has 0 aliphatic carbocycles. The van der Waals surface area contributed by atoms with Gasteiger partial charge < -0.3 is 10.6 Å². The third kappa shape index (κ3) is 5.30. The van der Waals surface area contributed by atoms with E-state index in [2.05, 4.69) is 15.6 Å². The number of guanidine groups is 1. The van der Waals surface area contributed by atoms with E-state index in [4.69, 9.17) is 0 Å². The Labute approximate surface area is 139 Å². The van der Waals surface area contributed by atoms with Crippen LogP contribution in [0.2, 0.25) is 0 Å². The van der Waals surface area contributed by atoms with E-state index < -0.39 is 11.6 Å². The van der Waals surface area contributed by atoms with Crippen molar-refractivity contribution in [3.8, 4) is 0 Å². The Balaban J connectivity index is 1.74. The molecule has 0 atom stereocenters. The van der Waals surface area contributed by atoms with Crippen LogP contribution >= 0.6 is 0 Å². The minimum Gasteiger partial charge on any atom is -0.356 e. The van der Waals surface area contributed by atoms with E-state index >= 15 is 0 Å². The highest BCUT2D eigenvalue weighted by atomic mass is 19.2. The first-order valence-electron chi connectivity index (χ1n) is 7.72. The average Bonchev–Trinajstić information content (AvgIpc) is 2.59. The summed E-state index contributed by atoms with van der Waals surface area (Å²) >= 11 is 0. The molecule has 0 unspecified atom stereocenters. The molecule has 0 saturated carbocycles. The molecule has 2 rings (SSSR count). The lowest BCUT2D eigenvalue weighted by atomic mass is 10.1. The minimum atomic E-state index is -0.839. The molecule has 0 saturated heterocycles. The van der Waals surface area contributed by atoms with Crippen LogP contribution in [0, 0.1) is 17.5 Å². The van der Waals surface area contributed by atoms with Gasteiger partial charge in [-0.3, -0.25) is 4.99 Å². The second kappa shape index (κ2) is 8.96. The van der Waals surface area contributed by atoms with Gasteiger partial charge in [-0.25, -0.2) is 13.2 Å². The molecule has 0 bridgehead atoms. The van der Waals surface area contributed by atoms with Gasteiger partial charge in [-0.15, -0.1) is 0 Å². The zero-order valence-corrected chi connectivity index (χ0v) is 13.5. The fourth-order valence-corrected chi connectivity index (χ4v) is 2.25. The van der Waals surface area contributed by atoms with E-state index in [1.807, 2.05) is 0 Å². The summed E-state index contributed by atoms with van der Waals surface area (Å²) in [5.74, 6) is -1.32. The Hall–Kier alpha value is -2.50. The topological polar surface area (TPSA) is 36.4 Å². The van der Waals surface area contributed by atoms with Crippen LogP contribution in [0.25, 0.3) is 0 Å². The quantitative estimate of drug-likeness (QED) is 0.629. The Morgan fingerprint density at radius 1 is 0.917 bits per heavy atom. The van der Waals surface area contributed by atoms with Gasteiger partial charge in [-0.05, 0) is 42.2 Å². The van der Waals surface area contributed by atoms with Gasteiger partial charge >= 0.3 is 0 Å². The van der Waals surface area contributed by atoms with Crippen molar-refractivity contribution in [3.63, 3.8) is 0 Å². The average molecular weight is 335 g/mol. The first-order chi connectivity index (χ1) is 11.6. The lowest BCUT2D eigenvalue weighted by Crippen LogP contribution is -2.39. The highest BCUT2D eigenvalue weighted by Gasteiger charge is 2.07. The molecule has 2 N–H and O–H groups in total. The molecule has 0 radical (unpaired) electrons. The fraction of sp³-hybridized carbons (Fsp3) is 0.278. The normalized spacial score (nSPS) is 11.4. The molecular weight excluding hydrogens is 315 g/mol. The van der Waals surface area contributed by atoms with Crippen molar-refractivity contribution in [2.45, 2.75) is 12.8 Å². The van der Waals surface area contributed by atoms with Crippen LogP contribution in [0.3, 0.4) is 0 Å². The van der Waals surface area contributed by atoms with Gasteiger partial charge in [0.25, 0.3) is 0 Å². The first kappa shape index (κ1) is 17.8. The second-order valence-corrected chi connectivity index (χ2v) is 5.27. The van der Waals surface area contributed by atoms with Gasteiger partial charge in [-0.1, -0.05) is 24.3 Å². The van der Waals surface area contributed by atoms with E-state index in [1.165, 1.54) is 18.2 Å². The number of benzene rings is 2. The predicted octanol–water partition coefficient (Wildman–Crippen LogP) is 3.05. The SMILES string of the molecule is CN=C(NCCc1ccc(F)cc1)NCCc1cccc(F)c1F. The smallest absolute Gasteiger partial charge is 0.190 e. The molecule has 2 aromatic rings. The van der Waals surface area contributed by atoms with Gasteiger partial charge in [0.2, 0.25) is 0 Å². The maximum Gasteiger partial charge on any atom is 0.190 e. The Morgan fingerprint density at radius 2 is 1.58 bits per heavy atom. The number of aliphatic imine (C=N–C) groups is 1. The van der Waals surface area contributed by atoms with Crippen molar-refractivity contribution in [3.05, 3.63) is 71.0 Å². The van der Waals surface area contributed by atoms with Gasteiger partial charge in [0.1, 0.15) is 5.82 Å². The number of nitrogens with one attached hydrogen (secondary N) is 2. The molecule has 0 aliphatic rings. The summed E-state index contributed by atoms with van der Waals surface area (Å²) in [5.41, 5.74) is 1.34. The van der Waals surface area contributed by atoms with Gasteiger partial charge in [0.15, 0.2) is 17.6 Å². The standard InChI is InChI=1S/C18H20F3N3/c1-22-18(23-11-9-13-5-7-15(19)8-6-13)24-12-10-14-3-2-4-16(20)17(14)21/h2-8H,9-12H2,1H3,(H2,22,23,24). The lowest BCUT2D eigenvalue weighted by Gasteiger charge is -2.12. The number of halogens is 3. The van der Waals surface area contributed by atoms with E-state index in [0.717, 1.165) is 18.1 Å². The molecule has 3 nitrogen and oxygen atoms in total. The summed E-state index contributed by atoms with van der Waals surface area (Å²) in [5, 5.41) is 6.17. The number of rotatable bonds is 6. The Bertz CT molecular complexity index is 684. The number of hydrogen-bond donors (Lipinski definition) is 2. The van der Waals surface area contributed by atoms with Crippen LogP contribution in [0.4, 0.5) is 13.2 Å². The van der Waals surface area contributed by atoms with Crippen molar-refractivity contribution < 1.29 is 13.2 Å². The molecule has 0 aromatic heterocycles. The van der Waals surface area contributed by atoms with Crippen LogP contribution in [-0.2, 0) is 12.8 Å². The summed E-state index contributed by atoms with van der Waals surface area (Å²) < 4.78 is 39.5. The van der Waals surface area contributed by atoms with Crippen molar-refractivity contribution in [2.24, 2.45) is 4.99 Å². The maximum atomic E-state index is 13.6. The van der Waals surface area contributed by atoms with E-state index in [0.29, 0.717) is 31.0 Å². The maximum absolute atomic E-state index is 13.6. The second-order valence-electron chi connectivity index (χ2n) is 5.27. The van der Waals surface area contributed by atoms with E-state index in [-0.39, 0.29) is 5.82 Å². The molecule has 24 heavy (non-hydrogen) atoms. The molecule has 6 heteroatoms. The third-order valence-electron chi connectivity index (χ3n) is 3.56. The van der Waals surface area contributed by atoms with Crippen molar-refractivity contribution in [2.75, 3.05) is 20.1 Å². The highest BCUT2D eigenvalue weighted by Crippen LogP contribution is 2.11. The molecule has 0 fully saturated rings. The zero-order chi connectivity index (χ0) is 17.4. The highest BCUT2D eigenvalue weighted by molar-refractivity contribution is 5.79. The molecule has 128 valence electrons. The molecule has 0 aliphatic heterocycles. The molecule has 0 heterocycles. The molecular formula is C18H20F3N3. The van der Waals surface area contributed by atoms with Crippen LogP contribution in [0.1, 0.15) is 11.1 Å². The van der Waals surface area contributed by atoms with E-state index in [9.17, 15) is 13.2 Å². The Kier molecular flexibility index (Phi) is 6.66. The molecule has 0 spiro atoms. The molecule has 0 amide bonds. The van der Waals surface area contributed by atoms with Crippen LogP contribution in [-0.4, -0.2) is 26.1 Å². The fourth-order valence-electron chi connectivity index (χ4n) is 2.25. The first-order valence-corrected chi connectivity index (χ1v) is 7.72. The third-order valence-corrected chi connectivity index (χ3v) is 3.56. The van der Waals surface area contributed by atoms with Gasteiger partial charge in [0, 0.05) is 20.1 Å². The largest absolute Gasteiger partial charge is 0.356 e. The summed E-state index contributed by atoms with van der Waals surface area (Å²) in [7, 11) is 1.63. The summed E-state index contributed by atoms with van der Waals surface area (Å²) in [6.45, 7) is 1.05. The molecule has 2 aromatic carbocycles.